The van der Waals surface area contributed by atoms with Crippen LogP contribution < -0.4 is 19.7 Å². The Kier molecular flexibility index (Phi) is 6.20. The van der Waals surface area contributed by atoms with Gasteiger partial charge in [0.25, 0.3) is 5.88 Å². The lowest BCUT2D eigenvalue weighted by Gasteiger charge is -2.55. The van der Waals surface area contributed by atoms with E-state index in [1.54, 1.807) is 38.7 Å². The number of ether oxygens (including phenoxy) is 2. The van der Waals surface area contributed by atoms with Crippen LogP contribution >= 0.6 is 0 Å². The number of hydrogen-bond donors (Lipinski definition) is 2. The third-order valence-corrected chi connectivity index (χ3v) is 7.70. The van der Waals surface area contributed by atoms with Crippen molar-refractivity contribution in [1.82, 2.24) is 25.5 Å². The molecule has 2 aromatic heterocycles. The van der Waals surface area contributed by atoms with Gasteiger partial charge in [0.2, 0.25) is 0 Å². The van der Waals surface area contributed by atoms with Gasteiger partial charge in [0.15, 0.2) is 17.4 Å². The third-order valence-electron chi connectivity index (χ3n) is 7.70. The summed E-state index contributed by atoms with van der Waals surface area (Å²) < 4.78 is 10.5. The summed E-state index contributed by atoms with van der Waals surface area (Å²) in [6.07, 6.45) is 9.22. The van der Waals surface area contributed by atoms with Gasteiger partial charge < -0.3 is 24.8 Å². The van der Waals surface area contributed by atoms with E-state index in [0.717, 1.165) is 29.8 Å². The zero-order valence-corrected chi connectivity index (χ0v) is 21.6. The van der Waals surface area contributed by atoms with E-state index in [4.69, 9.17) is 9.47 Å². The van der Waals surface area contributed by atoms with E-state index in [-0.39, 0.29) is 16.8 Å². The van der Waals surface area contributed by atoms with E-state index in [9.17, 15) is 5.11 Å². The number of phenolic OH excluding ortho intramolecular Hbond substituents is 1. The van der Waals surface area contributed by atoms with Crippen molar-refractivity contribution >= 4 is 5.82 Å². The van der Waals surface area contributed by atoms with Gasteiger partial charge in [-0.05, 0) is 69.7 Å². The molecule has 0 spiro atoms. The van der Waals surface area contributed by atoms with Gasteiger partial charge in [-0.1, -0.05) is 6.07 Å². The number of nitrogens with zero attached hydrogens (tertiary/aromatic N) is 5. The molecule has 5 rings (SSSR count). The minimum absolute atomic E-state index is 0.0669. The molecular weight excluding hydrogens is 456 g/mol. The van der Waals surface area contributed by atoms with Crippen LogP contribution in [0.3, 0.4) is 0 Å². The van der Waals surface area contributed by atoms with Gasteiger partial charge in [0.05, 0.1) is 26.0 Å². The van der Waals surface area contributed by atoms with Crippen LogP contribution in [0.1, 0.15) is 46.0 Å². The van der Waals surface area contributed by atoms with Gasteiger partial charge >= 0.3 is 0 Å². The molecule has 1 aromatic carbocycles. The van der Waals surface area contributed by atoms with Crippen LogP contribution in [0, 0.1) is 0 Å². The summed E-state index contributed by atoms with van der Waals surface area (Å²) in [4.78, 5) is 11.0. The molecule has 9 nitrogen and oxygen atoms in total. The zero-order valence-electron chi connectivity index (χ0n) is 21.6. The Morgan fingerprint density at radius 3 is 2.33 bits per heavy atom. The summed E-state index contributed by atoms with van der Waals surface area (Å²) in [5, 5.41) is 23.5. The molecule has 36 heavy (non-hydrogen) atoms. The summed E-state index contributed by atoms with van der Waals surface area (Å²) in [5.74, 6) is 2.11. The number of anilines is 1. The van der Waals surface area contributed by atoms with Gasteiger partial charge in [0, 0.05) is 35.9 Å². The van der Waals surface area contributed by atoms with Crippen LogP contribution in [0.2, 0.25) is 0 Å². The third kappa shape index (κ3) is 4.55. The number of benzene rings is 1. The molecule has 190 valence electrons. The topological polar surface area (TPSA) is 106 Å². The number of rotatable bonds is 6. The summed E-state index contributed by atoms with van der Waals surface area (Å²) in [5.41, 5.74) is 2.40. The second-order valence-electron chi connectivity index (χ2n) is 10.6. The molecule has 3 atom stereocenters. The van der Waals surface area contributed by atoms with E-state index in [2.05, 4.69) is 51.3 Å². The molecule has 1 unspecified atom stereocenters. The lowest BCUT2D eigenvalue weighted by atomic mass is 9.69. The molecule has 2 aliphatic rings. The van der Waals surface area contributed by atoms with Gasteiger partial charge in [-0.25, -0.2) is 9.97 Å². The Morgan fingerprint density at radius 1 is 0.972 bits per heavy atom. The number of pyridine rings is 1. The number of aromatic hydroxyl groups is 1. The average Bonchev–Trinajstić information content (AvgIpc) is 2.86. The molecule has 0 aliphatic carbocycles. The van der Waals surface area contributed by atoms with Crippen molar-refractivity contribution in [2.75, 3.05) is 26.2 Å². The first-order valence-corrected chi connectivity index (χ1v) is 12.4. The van der Waals surface area contributed by atoms with Crippen LogP contribution in [0.15, 0.2) is 36.7 Å². The number of phenols is 1. The Hall–Kier alpha value is -3.46. The maximum absolute atomic E-state index is 10.8. The molecule has 2 N–H and O–H groups in total. The predicted molar refractivity (Wildman–Crippen MR) is 138 cm³/mol. The van der Waals surface area contributed by atoms with Crippen molar-refractivity contribution in [3.8, 4) is 39.9 Å². The van der Waals surface area contributed by atoms with Crippen LogP contribution in [0.5, 0.6) is 17.4 Å². The van der Waals surface area contributed by atoms with E-state index < -0.39 is 0 Å². The maximum atomic E-state index is 10.8. The van der Waals surface area contributed by atoms with Gasteiger partial charge in [0.1, 0.15) is 5.75 Å². The fourth-order valence-corrected chi connectivity index (χ4v) is 5.95. The fraction of sp³-hybridized carbons (Fsp3) is 0.481. The quantitative estimate of drug-likeness (QED) is 0.525. The average molecular weight is 491 g/mol. The Labute approximate surface area is 211 Å². The summed E-state index contributed by atoms with van der Waals surface area (Å²) >= 11 is 0. The monoisotopic (exact) mass is 490 g/mol. The lowest BCUT2D eigenvalue weighted by molar-refractivity contribution is 0.0784. The zero-order chi connectivity index (χ0) is 25.5. The number of fused-ring (bicyclic) bond motifs is 2. The molecule has 2 bridgehead atoms. The first-order chi connectivity index (χ1) is 17.2. The first-order valence-electron chi connectivity index (χ1n) is 12.4. The summed E-state index contributed by atoms with van der Waals surface area (Å²) in [7, 11) is 5.18. The minimum atomic E-state index is 0.0669. The summed E-state index contributed by atoms with van der Waals surface area (Å²) in [6, 6.07) is 7.52. The van der Waals surface area contributed by atoms with E-state index in [1.165, 1.54) is 19.3 Å². The van der Waals surface area contributed by atoms with E-state index in [0.29, 0.717) is 29.1 Å². The molecule has 2 saturated heterocycles. The van der Waals surface area contributed by atoms with Gasteiger partial charge in [-0.2, -0.15) is 0 Å². The van der Waals surface area contributed by atoms with Crippen LogP contribution in [0.25, 0.3) is 22.5 Å². The molecule has 3 aromatic rings. The second-order valence-corrected chi connectivity index (χ2v) is 10.6. The minimum Gasteiger partial charge on any atom is -0.507 e. The summed E-state index contributed by atoms with van der Waals surface area (Å²) in [6.45, 7) is 4.67. The Bertz CT molecular complexity index is 1230. The lowest BCUT2D eigenvalue weighted by Crippen LogP contribution is -2.66. The van der Waals surface area contributed by atoms with Crippen LogP contribution in [0.4, 0.5) is 5.82 Å². The number of aromatic nitrogens is 4. The van der Waals surface area contributed by atoms with Crippen LogP contribution in [-0.2, 0) is 0 Å². The van der Waals surface area contributed by atoms with Crippen molar-refractivity contribution < 1.29 is 14.6 Å². The smallest absolute Gasteiger partial charge is 0.256 e. The standard InChI is InChI=1S/C27H34N6O3/c1-26-9-6-10-27(2,32-26)14-19(13-26)33(3)23-16-28-24(31-30-23)20-8-7-17(11-21(20)34)18-12-22(35-4)25(36-5)29-15-18/h7-8,11-12,15-16,19,32,34H,6,9-10,13-14H2,1-5H3/t19?,26-,27+. The maximum Gasteiger partial charge on any atom is 0.256 e. The number of methoxy groups -OCH3 is 2. The Balaban J connectivity index is 1.35. The molecule has 0 amide bonds. The number of piperidine rings is 2. The number of nitrogens with one attached hydrogen (secondary N) is 1. The predicted octanol–water partition coefficient (Wildman–Crippen LogP) is 4.21. The molecule has 9 heteroatoms. The van der Waals surface area contributed by atoms with Crippen molar-refractivity contribution in [1.29, 1.82) is 0 Å². The first kappa shape index (κ1) is 24.2. The highest BCUT2D eigenvalue weighted by atomic mass is 16.5. The highest BCUT2D eigenvalue weighted by Gasteiger charge is 2.46. The van der Waals surface area contributed by atoms with Crippen molar-refractivity contribution in [3.63, 3.8) is 0 Å². The molecule has 4 heterocycles. The normalized spacial score (nSPS) is 25.3. The number of hydrogen-bond acceptors (Lipinski definition) is 9. The highest BCUT2D eigenvalue weighted by Crippen LogP contribution is 2.42. The Morgan fingerprint density at radius 2 is 1.72 bits per heavy atom. The molecule has 0 saturated carbocycles. The second kappa shape index (κ2) is 9.20. The van der Waals surface area contributed by atoms with E-state index >= 15 is 0 Å². The SMILES string of the molecule is COc1cc(-c2ccc(-c3ncc(N(C)C4C[C@]5(C)CCC[C@](C)(C4)N5)nn3)c(O)c2)cnc1OC. The fourth-order valence-electron chi connectivity index (χ4n) is 5.95. The molecule has 0 radical (unpaired) electrons. The molecule has 2 fully saturated rings. The highest BCUT2D eigenvalue weighted by molar-refractivity contribution is 5.73. The van der Waals surface area contributed by atoms with Gasteiger partial charge in [-0.3, -0.25) is 0 Å². The molecule has 2 aliphatic heterocycles. The molecular formula is C27H34N6O3. The van der Waals surface area contributed by atoms with Crippen LogP contribution in [-0.4, -0.2) is 63.7 Å². The van der Waals surface area contributed by atoms with Crippen molar-refractivity contribution in [2.45, 2.75) is 63.1 Å². The largest absolute Gasteiger partial charge is 0.507 e. The van der Waals surface area contributed by atoms with E-state index in [1.807, 2.05) is 12.1 Å². The van der Waals surface area contributed by atoms with Crippen molar-refractivity contribution in [3.05, 3.63) is 36.7 Å². The van der Waals surface area contributed by atoms with Crippen molar-refractivity contribution in [2.24, 2.45) is 0 Å². The van der Waals surface area contributed by atoms with Gasteiger partial charge in [-0.15, -0.1) is 10.2 Å².